The molecule has 2 aromatic heterocycles. The van der Waals surface area contributed by atoms with Gasteiger partial charge in [0.1, 0.15) is 0 Å². The van der Waals surface area contributed by atoms with Gasteiger partial charge in [-0.05, 0) is 69.9 Å². The van der Waals surface area contributed by atoms with E-state index >= 15 is 0 Å². The smallest absolute Gasteiger partial charge is 0.253 e. The van der Waals surface area contributed by atoms with E-state index in [0.29, 0.717) is 11.1 Å². The Hall–Kier alpha value is -2.53. The summed E-state index contributed by atoms with van der Waals surface area (Å²) in [6, 6.07) is 10.4. The third-order valence-corrected chi connectivity index (χ3v) is 5.76. The van der Waals surface area contributed by atoms with E-state index in [1.807, 2.05) is 50.4 Å². The molecular formula is C22H25ClN4O. The van der Waals surface area contributed by atoms with Crippen LogP contribution in [0.2, 0.25) is 5.02 Å². The summed E-state index contributed by atoms with van der Waals surface area (Å²) in [6.45, 7) is 3.91. The number of hydrogen-bond acceptors (Lipinski definition) is 3. The lowest BCUT2D eigenvalue weighted by atomic mass is 9.90. The number of amides is 1. The second-order valence-electron chi connectivity index (χ2n) is 7.68. The lowest BCUT2D eigenvalue weighted by molar-refractivity contribution is 0.0926. The number of carbonyl (C=O) groups is 1. The predicted octanol–water partition coefficient (Wildman–Crippen LogP) is 4.99. The van der Waals surface area contributed by atoms with Crippen LogP contribution < -0.4 is 10.6 Å². The van der Waals surface area contributed by atoms with Gasteiger partial charge < -0.3 is 15.6 Å². The molecule has 1 aliphatic carbocycles. The third kappa shape index (κ3) is 3.99. The van der Waals surface area contributed by atoms with Gasteiger partial charge in [0, 0.05) is 45.8 Å². The summed E-state index contributed by atoms with van der Waals surface area (Å²) >= 11 is 6.08. The van der Waals surface area contributed by atoms with E-state index in [1.165, 1.54) is 0 Å². The summed E-state index contributed by atoms with van der Waals surface area (Å²) in [6.07, 6.45) is 5.80. The number of nitrogens with one attached hydrogen (secondary N) is 3. The van der Waals surface area contributed by atoms with Crippen molar-refractivity contribution in [3.8, 4) is 0 Å². The van der Waals surface area contributed by atoms with E-state index < -0.39 is 0 Å². The van der Waals surface area contributed by atoms with Crippen molar-refractivity contribution in [1.29, 1.82) is 0 Å². The topological polar surface area (TPSA) is 69.8 Å². The molecule has 3 N–H and O–H groups in total. The monoisotopic (exact) mass is 396 g/mol. The lowest BCUT2D eigenvalue weighted by Gasteiger charge is -2.30. The second-order valence-corrected chi connectivity index (χ2v) is 8.11. The van der Waals surface area contributed by atoms with Gasteiger partial charge in [-0.1, -0.05) is 11.6 Å². The van der Waals surface area contributed by atoms with Crippen molar-refractivity contribution in [2.24, 2.45) is 0 Å². The molecule has 28 heavy (non-hydrogen) atoms. The van der Waals surface area contributed by atoms with Gasteiger partial charge in [-0.3, -0.25) is 9.78 Å². The van der Waals surface area contributed by atoms with Crippen LogP contribution in [0.1, 0.15) is 47.4 Å². The number of fused-ring (bicyclic) bond motifs is 1. The van der Waals surface area contributed by atoms with Gasteiger partial charge >= 0.3 is 0 Å². The number of aryl methyl sites for hydroxylation is 2. The zero-order valence-corrected chi connectivity index (χ0v) is 16.9. The summed E-state index contributed by atoms with van der Waals surface area (Å²) < 4.78 is 0. The summed E-state index contributed by atoms with van der Waals surface area (Å²) in [7, 11) is 0. The number of aromatic nitrogens is 2. The molecule has 146 valence electrons. The number of hydrogen-bond donors (Lipinski definition) is 3. The fourth-order valence-corrected chi connectivity index (χ4v) is 4.24. The van der Waals surface area contributed by atoms with Crippen molar-refractivity contribution in [2.75, 3.05) is 5.32 Å². The number of aromatic amines is 1. The van der Waals surface area contributed by atoms with Gasteiger partial charge in [0.15, 0.2) is 0 Å². The molecule has 1 aliphatic rings. The SMILES string of the molecule is Cc1cc(C(=O)NC2CCC(Nc3ccnc4cc(Cl)ccc34)CC2)c(C)[nH]1. The van der Waals surface area contributed by atoms with Crippen LogP contribution in [0, 0.1) is 13.8 Å². The number of H-pyrrole nitrogens is 1. The highest BCUT2D eigenvalue weighted by Gasteiger charge is 2.24. The Kier molecular flexibility index (Phi) is 5.27. The molecular weight excluding hydrogens is 372 g/mol. The highest BCUT2D eigenvalue weighted by Crippen LogP contribution is 2.28. The molecule has 1 fully saturated rings. The summed E-state index contributed by atoms with van der Waals surface area (Å²) in [5.41, 5.74) is 4.68. The van der Waals surface area contributed by atoms with Crippen LogP contribution in [-0.4, -0.2) is 28.0 Å². The van der Waals surface area contributed by atoms with Crippen LogP contribution in [0.15, 0.2) is 36.5 Å². The molecule has 3 aromatic rings. The van der Waals surface area contributed by atoms with E-state index in [-0.39, 0.29) is 11.9 Å². The van der Waals surface area contributed by atoms with Crippen LogP contribution in [0.4, 0.5) is 5.69 Å². The zero-order valence-electron chi connectivity index (χ0n) is 16.2. The van der Waals surface area contributed by atoms with Crippen LogP contribution >= 0.6 is 11.6 Å². The molecule has 0 saturated heterocycles. The maximum Gasteiger partial charge on any atom is 0.253 e. The maximum absolute atomic E-state index is 12.5. The minimum Gasteiger partial charge on any atom is -0.382 e. The van der Waals surface area contributed by atoms with Crippen LogP contribution in [0.25, 0.3) is 10.9 Å². The lowest BCUT2D eigenvalue weighted by Crippen LogP contribution is -2.40. The molecule has 1 saturated carbocycles. The van der Waals surface area contributed by atoms with E-state index in [4.69, 9.17) is 11.6 Å². The summed E-state index contributed by atoms with van der Waals surface area (Å²) in [5, 5.41) is 8.64. The quantitative estimate of drug-likeness (QED) is 0.582. The molecule has 4 rings (SSSR count). The second kappa shape index (κ2) is 7.84. The van der Waals surface area contributed by atoms with E-state index in [0.717, 1.165) is 59.2 Å². The molecule has 0 bridgehead atoms. The summed E-state index contributed by atoms with van der Waals surface area (Å²) in [4.78, 5) is 20.1. The maximum atomic E-state index is 12.5. The Morgan fingerprint density at radius 2 is 1.86 bits per heavy atom. The third-order valence-electron chi connectivity index (χ3n) is 5.52. The Labute approximate surface area is 169 Å². The fourth-order valence-electron chi connectivity index (χ4n) is 4.07. The molecule has 1 aromatic carbocycles. The Morgan fingerprint density at radius 3 is 2.57 bits per heavy atom. The number of nitrogens with zero attached hydrogens (tertiary/aromatic N) is 1. The molecule has 0 aliphatic heterocycles. The highest BCUT2D eigenvalue weighted by atomic mass is 35.5. The fraction of sp³-hybridized carbons (Fsp3) is 0.364. The Bertz CT molecular complexity index is 1000. The van der Waals surface area contributed by atoms with E-state index in [9.17, 15) is 4.79 Å². The normalized spacial score (nSPS) is 19.5. The molecule has 0 spiro atoms. The Balaban J connectivity index is 1.36. The number of halogens is 1. The van der Waals surface area contributed by atoms with Gasteiger partial charge in [0.2, 0.25) is 0 Å². The van der Waals surface area contributed by atoms with Crippen molar-refractivity contribution in [3.63, 3.8) is 0 Å². The van der Waals surface area contributed by atoms with Crippen molar-refractivity contribution >= 4 is 34.1 Å². The zero-order chi connectivity index (χ0) is 19.7. The molecule has 6 heteroatoms. The number of rotatable bonds is 4. The predicted molar refractivity (Wildman–Crippen MR) is 114 cm³/mol. The standard InChI is InChI=1S/C22H25ClN4O/c1-13-11-19(14(2)25-13)22(28)27-17-6-4-16(5-7-17)26-20-9-10-24-21-12-15(23)3-8-18(20)21/h3,8-12,16-17,25H,4-7H2,1-2H3,(H,24,26)(H,27,28). The van der Waals surface area contributed by atoms with Crippen molar-refractivity contribution in [2.45, 2.75) is 51.6 Å². The van der Waals surface area contributed by atoms with Crippen molar-refractivity contribution in [1.82, 2.24) is 15.3 Å². The average Bonchev–Trinajstić information content (AvgIpc) is 3.01. The average molecular weight is 397 g/mol. The largest absolute Gasteiger partial charge is 0.382 e. The van der Waals surface area contributed by atoms with Gasteiger partial charge in [-0.15, -0.1) is 0 Å². The van der Waals surface area contributed by atoms with Crippen LogP contribution in [0.3, 0.4) is 0 Å². The first kappa shape index (κ1) is 18.8. The minimum atomic E-state index is 0.0234. The number of carbonyl (C=O) groups excluding carboxylic acids is 1. The van der Waals surface area contributed by atoms with E-state index in [2.05, 4.69) is 20.6 Å². The van der Waals surface area contributed by atoms with Crippen LogP contribution in [-0.2, 0) is 0 Å². The molecule has 0 atom stereocenters. The van der Waals surface area contributed by atoms with Crippen molar-refractivity contribution < 1.29 is 4.79 Å². The first-order chi connectivity index (χ1) is 13.5. The molecule has 5 nitrogen and oxygen atoms in total. The number of anilines is 1. The molecule has 0 unspecified atom stereocenters. The van der Waals surface area contributed by atoms with Crippen LogP contribution in [0.5, 0.6) is 0 Å². The van der Waals surface area contributed by atoms with Gasteiger partial charge in [-0.2, -0.15) is 0 Å². The molecule has 0 radical (unpaired) electrons. The highest BCUT2D eigenvalue weighted by molar-refractivity contribution is 6.31. The van der Waals surface area contributed by atoms with Crippen molar-refractivity contribution in [3.05, 3.63) is 58.5 Å². The van der Waals surface area contributed by atoms with Gasteiger partial charge in [-0.25, -0.2) is 0 Å². The number of pyridine rings is 1. The Morgan fingerprint density at radius 1 is 1.11 bits per heavy atom. The van der Waals surface area contributed by atoms with E-state index in [1.54, 1.807) is 0 Å². The summed E-state index contributed by atoms with van der Waals surface area (Å²) in [5.74, 6) is 0.0234. The minimum absolute atomic E-state index is 0.0234. The molecule has 2 heterocycles. The first-order valence-corrected chi connectivity index (χ1v) is 10.2. The number of benzene rings is 1. The first-order valence-electron chi connectivity index (χ1n) is 9.77. The molecule has 1 amide bonds. The van der Waals surface area contributed by atoms with Gasteiger partial charge in [0.25, 0.3) is 5.91 Å². The van der Waals surface area contributed by atoms with Gasteiger partial charge in [0.05, 0.1) is 11.1 Å².